The predicted octanol–water partition coefficient (Wildman–Crippen LogP) is 3.28. The zero-order valence-corrected chi connectivity index (χ0v) is 11.1. The Morgan fingerprint density at radius 3 is 2.62 bits per heavy atom. The zero-order chi connectivity index (χ0) is 15.6. The van der Waals surface area contributed by atoms with Gasteiger partial charge in [-0.25, -0.2) is 4.39 Å². The summed E-state index contributed by atoms with van der Waals surface area (Å²) in [6.07, 6.45) is -4.79. The lowest BCUT2D eigenvalue weighted by Gasteiger charge is -2.12. The Morgan fingerprint density at radius 2 is 2.00 bits per heavy atom. The third-order valence-electron chi connectivity index (χ3n) is 3.02. The summed E-state index contributed by atoms with van der Waals surface area (Å²) in [4.78, 5) is 0. The van der Waals surface area contributed by atoms with Crippen LogP contribution < -0.4 is 4.74 Å². The summed E-state index contributed by atoms with van der Waals surface area (Å²) in [6, 6.07) is 5.70. The Kier molecular flexibility index (Phi) is 4.22. The number of halogens is 4. The first kappa shape index (κ1) is 15.4. The lowest BCUT2D eigenvalue weighted by molar-refractivity contribution is -0.206. The Bertz CT molecular complexity index is 622. The van der Waals surface area contributed by atoms with E-state index >= 15 is 0 Å². The van der Waals surface area contributed by atoms with Gasteiger partial charge in [-0.3, -0.25) is 0 Å². The van der Waals surface area contributed by atoms with Gasteiger partial charge in [0.15, 0.2) is 17.7 Å². The average Bonchev–Trinajstić information content (AvgIpc) is 2.87. The van der Waals surface area contributed by atoms with E-state index in [-0.39, 0.29) is 23.4 Å². The number of hydrogen-bond acceptors (Lipinski definition) is 2. The molecule has 0 spiro atoms. The third-order valence-corrected chi connectivity index (χ3v) is 3.02. The van der Waals surface area contributed by atoms with Crippen molar-refractivity contribution in [1.82, 2.24) is 4.57 Å². The molecule has 1 N–H and O–H groups in total. The Morgan fingerprint density at radius 1 is 1.29 bits per heavy atom. The number of nitrogens with zero attached hydrogens (tertiary/aromatic N) is 1. The summed E-state index contributed by atoms with van der Waals surface area (Å²) in [6.45, 7) is 0.0353. The smallest absolute Gasteiger partial charge is 0.418 e. The molecule has 1 atom stereocenters. The van der Waals surface area contributed by atoms with Crippen molar-refractivity contribution < 1.29 is 27.4 Å². The van der Waals surface area contributed by atoms with Crippen molar-refractivity contribution in [3.05, 3.63) is 53.6 Å². The monoisotopic (exact) mass is 303 g/mol. The van der Waals surface area contributed by atoms with Gasteiger partial charge in [0.2, 0.25) is 0 Å². The van der Waals surface area contributed by atoms with Crippen LogP contribution in [0.1, 0.15) is 17.2 Å². The van der Waals surface area contributed by atoms with Gasteiger partial charge in [0.25, 0.3) is 0 Å². The summed E-state index contributed by atoms with van der Waals surface area (Å²) in [7, 11) is 1.33. The lowest BCUT2D eigenvalue weighted by atomic mass is 10.2. The highest BCUT2D eigenvalue weighted by molar-refractivity contribution is 5.31. The molecule has 1 aromatic heterocycles. The number of hydrogen-bond donors (Lipinski definition) is 1. The fourth-order valence-corrected chi connectivity index (χ4v) is 1.94. The van der Waals surface area contributed by atoms with Crippen LogP contribution in [0.5, 0.6) is 5.75 Å². The second-order valence-corrected chi connectivity index (χ2v) is 4.49. The van der Waals surface area contributed by atoms with Crippen LogP contribution in [0, 0.1) is 5.82 Å². The SMILES string of the molecule is COc1cccc(Cn2ccc(C(O)C(F)(F)F)c2)c1F. The molecule has 2 rings (SSSR count). The molecular formula is C14H13F4NO2. The average molecular weight is 303 g/mol. The van der Waals surface area contributed by atoms with Crippen molar-refractivity contribution in [2.45, 2.75) is 18.8 Å². The maximum Gasteiger partial charge on any atom is 0.418 e. The van der Waals surface area contributed by atoms with E-state index in [9.17, 15) is 17.6 Å². The van der Waals surface area contributed by atoms with Gasteiger partial charge in [0.05, 0.1) is 13.7 Å². The van der Waals surface area contributed by atoms with E-state index in [1.807, 2.05) is 0 Å². The van der Waals surface area contributed by atoms with Crippen molar-refractivity contribution in [3.63, 3.8) is 0 Å². The molecule has 7 heteroatoms. The van der Waals surface area contributed by atoms with Crippen molar-refractivity contribution in [3.8, 4) is 5.75 Å². The molecule has 3 nitrogen and oxygen atoms in total. The van der Waals surface area contributed by atoms with Gasteiger partial charge in [-0.15, -0.1) is 0 Å². The molecule has 0 radical (unpaired) electrons. The number of aromatic nitrogens is 1. The number of aliphatic hydroxyl groups excluding tert-OH is 1. The van der Waals surface area contributed by atoms with Gasteiger partial charge in [-0.2, -0.15) is 13.2 Å². The summed E-state index contributed by atoms with van der Waals surface area (Å²) in [5.41, 5.74) is -0.0104. The molecule has 0 aliphatic carbocycles. The second-order valence-electron chi connectivity index (χ2n) is 4.49. The van der Waals surface area contributed by atoms with Crippen molar-refractivity contribution >= 4 is 0 Å². The largest absolute Gasteiger partial charge is 0.494 e. The summed E-state index contributed by atoms with van der Waals surface area (Å²) in [5, 5.41) is 9.14. The van der Waals surface area contributed by atoms with E-state index < -0.39 is 18.1 Å². The van der Waals surface area contributed by atoms with Crippen LogP contribution in [0.4, 0.5) is 17.6 Å². The van der Waals surface area contributed by atoms with Crippen molar-refractivity contribution in [2.75, 3.05) is 7.11 Å². The molecule has 0 saturated carbocycles. The quantitative estimate of drug-likeness (QED) is 0.880. The minimum atomic E-state index is -4.73. The van der Waals surface area contributed by atoms with E-state index in [1.54, 1.807) is 6.07 Å². The van der Waals surface area contributed by atoms with Crippen LogP contribution >= 0.6 is 0 Å². The highest BCUT2D eigenvalue weighted by Gasteiger charge is 2.39. The van der Waals surface area contributed by atoms with Crippen LogP contribution in [0.15, 0.2) is 36.7 Å². The first-order chi connectivity index (χ1) is 9.82. The lowest BCUT2D eigenvalue weighted by Crippen LogP contribution is -2.19. The van der Waals surface area contributed by atoms with Crippen LogP contribution in [-0.4, -0.2) is 23.0 Å². The first-order valence-electron chi connectivity index (χ1n) is 6.04. The van der Waals surface area contributed by atoms with E-state index in [0.29, 0.717) is 0 Å². The van der Waals surface area contributed by atoms with E-state index in [4.69, 9.17) is 9.84 Å². The van der Waals surface area contributed by atoms with Crippen LogP contribution in [0.25, 0.3) is 0 Å². The Labute approximate surface area is 118 Å². The Balaban J connectivity index is 2.20. The van der Waals surface area contributed by atoms with Crippen molar-refractivity contribution in [1.29, 1.82) is 0 Å². The molecule has 1 heterocycles. The number of methoxy groups -OCH3 is 1. The number of ether oxygens (including phenoxy) is 1. The zero-order valence-electron chi connectivity index (χ0n) is 11.1. The van der Waals surface area contributed by atoms with Gasteiger partial charge >= 0.3 is 6.18 Å². The molecule has 0 saturated heterocycles. The third kappa shape index (κ3) is 3.36. The maximum atomic E-state index is 13.9. The minimum Gasteiger partial charge on any atom is -0.494 e. The highest BCUT2D eigenvalue weighted by Crippen LogP contribution is 2.32. The topological polar surface area (TPSA) is 34.4 Å². The molecule has 0 amide bonds. The van der Waals surface area contributed by atoms with Gasteiger partial charge in [0, 0.05) is 23.5 Å². The van der Waals surface area contributed by atoms with Crippen molar-refractivity contribution in [2.24, 2.45) is 0 Å². The van der Waals surface area contributed by atoms with Crippen LogP contribution in [0.3, 0.4) is 0 Å². The van der Waals surface area contributed by atoms with Crippen LogP contribution in [0.2, 0.25) is 0 Å². The fourth-order valence-electron chi connectivity index (χ4n) is 1.94. The molecule has 0 aliphatic rings. The molecule has 1 unspecified atom stereocenters. The molecule has 1 aromatic carbocycles. The second kappa shape index (κ2) is 5.77. The minimum absolute atomic E-state index is 0.0353. The van der Waals surface area contributed by atoms with Gasteiger partial charge < -0.3 is 14.4 Å². The Hall–Kier alpha value is -2.02. The molecule has 0 bridgehead atoms. The molecule has 0 aliphatic heterocycles. The normalized spacial score (nSPS) is 13.2. The first-order valence-corrected chi connectivity index (χ1v) is 6.04. The molecule has 2 aromatic rings. The van der Waals surface area contributed by atoms with Crippen LogP contribution in [-0.2, 0) is 6.54 Å². The predicted molar refractivity (Wildman–Crippen MR) is 67.5 cm³/mol. The number of rotatable bonds is 4. The maximum absolute atomic E-state index is 13.9. The summed E-state index contributed by atoms with van der Waals surface area (Å²) >= 11 is 0. The molecule has 0 fully saturated rings. The number of benzene rings is 1. The van der Waals surface area contributed by atoms with E-state index in [2.05, 4.69) is 0 Å². The number of alkyl halides is 3. The molecule has 21 heavy (non-hydrogen) atoms. The van der Waals surface area contributed by atoms with Gasteiger partial charge in [-0.1, -0.05) is 12.1 Å². The summed E-state index contributed by atoms with van der Waals surface area (Å²) in [5.74, 6) is -0.498. The molecular weight excluding hydrogens is 290 g/mol. The van der Waals surface area contributed by atoms with Gasteiger partial charge in [0.1, 0.15) is 0 Å². The highest BCUT2D eigenvalue weighted by atomic mass is 19.4. The fraction of sp³-hybridized carbons (Fsp3) is 0.286. The van der Waals surface area contributed by atoms with E-state index in [1.165, 1.54) is 30.0 Å². The molecule has 114 valence electrons. The summed E-state index contributed by atoms with van der Waals surface area (Å²) < 4.78 is 57.3. The number of aliphatic hydroxyl groups is 1. The van der Waals surface area contributed by atoms with E-state index in [0.717, 1.165) is 12.3 Å². The standard InChI is InChI=1S/C14H13F4NO2/c1-21-11-4-2-3-9(12(11)15)7-19-6-5-10(8-19)13(20)14(16,17)18/h2-6,8,13,20H,7H2,1H3. The van der Waals surface area contributed by atoms with Gasteiger partial charge in [-0.05, 0) is 12.1 Å².